The molecule has 0 aliphatic carbocycles. The fourth-order valence-electron chi connectivity index (χ4n) is 1.92. The van der Waals surface area contributed by atoms with Crippen LogP contribution in [0.2, 0.25) is 0 Å². The van der Waals surface area contributed by atoms with Crippen LogP contribution >= 0.6 is 0 Å². The van der Waals surface area contributed by atoms with E-state index in [-0.39, 0.29) is 29.1 Å². The molecule has 1 amide bonds. The Balaban J connectivity index is 2.19. The molecule has 0 fully saturated rings. The largest absolute Gasteiger partial charge is 0.495 e. The molecule has 22 heavy (non-hydrogen) atoms. The summed E-state index contributed by atoms with van der Waals surface area (Å²) in [5.41, 5.74) is 0.226. The number of amides is 1. The SMILES string of the molecule is COc1ccc([N+](=O)[O-])cc1NC(=O)Cc1ccccc1F. The van der Waals surface area contributed by atoms with E-state index in [9.17, 15) is 19.3 Å². The first-order chi connectivity index (χ1) is 10.5. The summed E-state index contributed by atoms with van der Waals surface area (Å²) in [7, 11) is 1.38. The van der Waals surface area contributed by atoms with Gasteiger partial charge in [-0.2, -0.15) is 0 Å². The maximum absolute atomic E-state index is 13.5. The molecule has 2 aromatic rings. The number of non-ortho nitro benzene ring substituents is 1. The molecular weight excluding hydrogens is 291 g/mol. The third-order valence-electron chi connectivity index (χ3n) is 2.98. The molecule has 2 aromatic carbocycles. The number of hydrogen-bond donors (Lipinski definition) is 1. The predicted molar refractivity (Wildman–Crippen MR) is 78.4 cm³/mol. The van der Waals surface area contributed by atoms with Gasteiger partial charge in [0.1, 0.15) is 11.6 Å². The molecule has 0 radical (unpaired) electrons. The monoisotopic (exact) mass is 304 g/mol. The Bertz CT molecular complexity index is 718. The smallest absolute Gasteiger partial charge is 0.271 e. The number of nitrogens with zero attached hydrogens (tertiary/aromatic N) is 1. The first-order valence-corrected chi connectivity index (χ1v) is 6.37. The molecule has 0 bridgehead atoms. The van der Waals surface area contributed by atoms with Crippen molar-refractivity contribution in [1.82, 2.24) is 0 Å². The van der Waals surface area contributed by atoms with E-state index in [2.05, 4.69) is 5.32 Å². The lowest BCUT2D eigenvalue weighted by Crippen LogP contribution is -2.16. The number of benzene rings is 2. The third kappa shape index (κ3) is 3.57. The molecule has 1 N–H and O–H groups in total. The second-order valence-electron chi connectivity index (χ2n) is 4.46. The van der Waals surface area contributed by atoms with E-state index in [4.69, 9.17) is 4.74 Å². The number of methoxy groups -OCH3 is 1. The zero-order chi connectivity index (χ0) is 16.1. The Hall–Kier alpha value is -2.96. The molecule has 6 nitrogen and oxygen atoms in total. The maximum atomic E-state index is 13.5. The first-order valence-electron chi connectivity index (χ1n) is 6.37. The van der Waals surface area contributed by atoms with E-state index < -0.39 is 16.6 Å². The number of carbonyl (C=O) groups excluding carboxylic acids is 1. The third-order valence-corrected chi connectivity index (χ3v) is 2.98. The van der Waals surface area contributed by atoms with Gasteiger partial charge in [-0.3, -0.25) is 14.9 Å². The average Bonchev–Trinajstić information content (AvgIpc) is 2.49. The molecule has 114 valence electrons. The second-order valence-corrected chi connectivity index (χ2v) is 4.46. The predicted octanol–water partition coefficient (Wildman–Crippen LogP) is 2.92. The Morgan fingerprint density at radius 1 is 1.32 bits per heavy atom. The number of anilines is 1. The number of rotatable bonds is 5. The van der Waals surface area contributed by atoms with Crippen LogP contribution in [0.1, 0.15) is 5.56 Å². The van der Waals surface area contributed by atoms with Crippen molar-refractivity contribution >= 4 is 17.3 Å². The number of nitro benzene ring substituents is 1. The van der Waals surface area contributed by atoms with Gasteiger partial charge in [-0.1, -0.05) is 18.2 Å². The van der Waals surface area contributed by atoms with Crippen molar-refractivity contribution in [1.29, 1.82) is 0 Å². The van der Waals surface area contributed by atoms with Crippen molar-refractivity contribution in [3.63, 3.8) is 0 Å². The van der Waals surface area contributed by atoms with E-state index in [1.165, 1.54) is 43.5 Å². The lowest BCUT2D eigenvalue weighted by atomic mass is 10.1. The molecule has 0 aromatic heterocycles. The van der Waals surface area contributed by atoms with Gasteiger partial charge >= 0.3 is 0 Å². The normalized spacial score (nSPS) is 10.1. The summed E-state index contributed by atoms with van der Waals surface area (Å²) < 4.78 is 18.6. The highest BCUT2D eigenvalue weighted by molar-refractivity contribution is 5.94. The molecule has 0 spiro atoms. The number of nitro groups is 1. The Morgan fingerprint density at radius 3 is 2.68 bits per heavy atom. The van der Waals surface area contributed by atoms with Gasteiger partial charge < -0.3 is 10.1 Å². The van der Waals surface area contributed by atoms with E-state index in [1.54, 1.807) is 6.07 Å². The summed E-state index contributed by atoms with van der Waals surface area (Å²) in [6.07, 6.45) is -0.182. The lowest BCUT2D eigenvalue weighted by Gasteiger charge is -2.10. The molecule has 2 rings (SSSR count). The molecule has 0 heterocycles. The van der Waals surface area contributed by atoms with Crippen molar-refractivity contribution in [2.45, 2.75) is 6.42 Å². The Morgan fingerprint density at radius 2 is 2.05 bits per heavy atom. The first kappa shape index (κ1) is 15.4. The van der Waals surface area contributed by atoms with Crippen LogP contribution in [0.3, 0.4) is 0 Å². The van der Waals surface area contributed by atoms with Crippen LogP contribution in [0, 0.1) is 15.9 Å². The molecule has 0 unspecified atom stereocenters. The second kappa shape index (κ2) is 6.66. The number of ether oxygens (including phenoxy) is 1. The van der Waals surface area contributed by atoms with Crippen molar-refractivity contribution < 1.29 is 18.8 Å². The van der Waals surface area contributed by atoms with Gasteiger partial charge in [0.05, 0.1) is 24.1 Å². The fraction of sp³-hybridized carbons (Fsp3) is 0.133. The van der Waals surface area contributed by atoms with Crippen LogP contribution in [-0.2, 0) is 11.2 Å². The molecule has 0 atom stereocenters. The van der Waals surface area contributed by atoms with Crippen molar-refractivity contribution in [3.05, 3.63) is 64.0 Å². The fourth-order valence-corrected chi connectivity index (χ4v) is 1.92. The van der Waals surface area contributed by atoms with Gasteiger partial charge in [-0.15, -0.1) is 0 Å². The van der Waals surface area contributed by atoms with Crippen LogP contribution in [-0.4, -0.2) is 17.9 Å². The highest BCUT2D eigenvalue weighted by Gasteiger charge is 2.14. The van der Waals surface area contributed by atoms with E-state index in [1.807, 2.05) is 0 Å². The number of halogens is 1. The number of nitrogens with one attached hydrogen (secondary N) is 1. The van der Waals surface area contributed by atoms with Gasteiger partial charge in [-0.05, 0) is 17.7 Å². The maximum Gasteiger partial charge on any atom is 0.271 e. The van der Waals surface area contributed by atoms with Gasteiger partial charge in [0.2, 0.25) is 5.91 Å². The summed E-state index contributed by atoms with van der Waals surface area (Å²) in [5, 5.41) is 13.3. The van der Waals surface area contributed by atoms with Gasteiger partial charge in [-0.25, -0.2) is 4.39 Å². The minimum atomic E-state index is -0.577. The van der Waals surface area contributed by atoms with Crippen molar-refractivity contribution in [2.75, 3.05) is 12.4 Å². The van der Waals surface area contributed by atoms with Gasteiger partial charge in [0.15, 0.2) is 0 Å². The number of carbonyl (C=O) groups is 1. The highest BCUT2D eigenvalue weighted by Crippen LogP contribution is 2.29. The minimum Gasteiger partial charge on any atom is -0.495 e. The molecule has 0 saturated heterocycles. The van der Waals surface area contributed by atoms with Gasteiger partial charge in [0, 0.05) is 12.1 Å². The van der Waals surface area contributed by atoms with Gasteiger partial charge in [0.25, 0.3) is 5.69 Å². The lowest BCUT2D eigenvalue weighted by molar-refractivity contribution is -0.384. The molecule has 7 heteroatoms. The van der Waals surface area contributed by atoms with Crippen molar-refractivity contribution in [2.24, 2.45) is 0 Å². The minimum absolute atomic E-state index is 0.165. The summed E-state index contributed by atoms with van der Waals surface area (Å²) in [6.45, 7) is 0. The molecule has 0 aliphatic rings. The summed E-state index contributed by atoms with van der Waals surface area (Å²) in [4.78, 5) is 22.2. The van der Waals surface area contributed by atoms with E-state index in [0.29, 0.717) is 0 Å². The zero-order valence-corrected chi connectivity index (χ0v) is 11.7. The van der Waals surface area contributed by atoms with E-state index >= 15 is 0 Å². The molecular formula is C15H13FN2O4. The molecule has 0 aliphatic heterocycles. The summed E-state index contributed by atoms with van der Waals surface area (Å²) >= 11 is 0. The van der Waals surface area contributed by atoms with Crippen LogP contribution in [0.5, 0.6) is 5.75 Å². The highest BCUT2D eigenvalue weighted by atomic mass is 19.1. The van der Waals surface area contributed by atoms with Crippen LogP contribution in [0.25, 0.3) is 0 Å². The van der Waals surface area contributed by atoms with Crippen molar-refractivity contribution in [3.8, 4) is 5.75 Å². The summed E-state index contributed by atoms with van der Waals surface area (Å²) in [5.74, 6) is -0.694. The Labute approximate surface area is 125 Å². The van der Waals surface area contributed by atoms with E-state index in [0.717, 1.165) is 0 Å². The average molecular weight is 304 g/mol. The Kier molecular flexibility index (Phi) is 4.67. The summed E-state index contributed by atoms with van der Waals surface area (Å²) in [6, 6.07) is 9.76. The van der Waals surface area contributed by atoms with Crippen LogP contribution in [0.15, 0.2) is 42.5 Å². The number of hydrogen-bond acceptors (Lipinski definition) is 4. The van der Waals surface area contributed by atoms with Crippen LogP contribution in [0.4, 0.5) is 15.8 Å². The standard InChI is InChI=1S/C15H13FN2O4/c1-22-14-7-6-11(18(20)21)9-13(14)17-15(19)8-10-4-2-3-5-12(10)16/h2-7,9H,8H2,1H3,(H,17,19). The quantitative estimate of drug-likeness (QED) is 0.680. The topological polar surface area (TPSA) is 81.5 Å². The van der Waals surface area contributed by atoms with Crippen LogP contribution < -0.4 is 10.1 Å². The molecule has 0 saturated carbocycles. The zero-order valence-electron chi connectivity index (χ0n) is 11.7.